The summed E-state index contributed by atoms with van der Waals surface area (Å²) in [5.74, 6) is 5.91. The lowest BCUT2D eigenvalue weighted by atomic mass is 9.95. The molecule has 10 heavy (non-hydrogen) atoms. The standard InChI is InChI=1S/C8H18N2/c1-5-7(4)8(10-9)6(2)3/h7-8,10H,2,5,9H2,1,3-4H3. The van der Waals surface area contributed by atoms with E-state index >= 15 is 0 Å². The molecule has 0 aromatic heterocycles. The predicted octanol–water partition coefficient (Wildman–Crippen LogP) is 1.44. The Morgan fingerprint density at radius 1 is 1.70 bits per heavy atom. The van der Waals surface area contributed by atoms with E-state index in [0.717, 1.165) is 12.0 Å². The molecule has 2 heteroatoms. The molecular formula is C8H18N2. The van der Waals surface area contributed by atoms with Crippen molar-refractivity contribution in [1.29, 1.82) is 0 Å². The van der Waals surface area contributed by atoms with Gasteiger partial charge in [-0.15, -0.1) is 0 Å². The summed E-state index contributed by atoms with van der Waals surface area (Å²) in [6, 6.07) is 0.269. The summed E-state index contributed by atoms with van der Waals surface area (Å²) in [6.07, 6.45) is 1.13. The molecule has 0 amide bonds. The van der Waals surface area contributed by atoms with Crippen molar-refractivity contribution in [3.8, 4) is 0 Å². The van der Waals surface area contributed by atoms with Crippen molar-refractivity contribution in [3.63, 3.8) is 0 Å². The predicted molar refractivity (Wildman–Crippen MR) is 45.4 cm³/mol. The van der Waals surface area contributed by atoms with Crippen molar-refractivity contribution in [2.45, 2.75) is 33.2 Å². The number of rotatable bonds is 4. The molecule has 2 unspecified atom stereocenters. The highest BCUT2D eigenvalue weighted by atomic mass is 15.2. The lowest BCUT2D eigenvalue weighted by Crippen LogP contribution is -2.40. The summed E-state index contributed by atoms with van der Waals surface area (Å²) in [7, 11) is 0. The van der Waals surface area contributed by atoms with Gasteiger partial charge in [-0.05, 0) is 12.8 Å². The van der Waals surface area contributed by atoms with Crippen molar-refractivity contribution >= 4 is 0 Å². The first-order valence-corrected chi connectivity index (χ1v) is 3.75. The van der Waals surface area contributed by atoms with Gasteiger partial charge >= 0.3 is 0 Å². The average molecular weight is 142 g/mol. The molecule has 0 aliphatic rings. The third kappa shape index (κ3) is 2.50. The highest BCUT2D eigenvalue weighted by molar-refractivity contribution is 5.02. The first-order valence-electron chi connectivity index (χ1n) is 3.75. The van der Waals surface area contributed by atoms with Crippen molar-refractivity contribution in [2.75, 3.05) is 0 Å². The van der Waals surface area contributed by atoms with Crippen molar-refractivity contribution < 1.29 is 0 Å². The van der Waals surface area contributed by atoms with Crippen LogP contribution in [0.2, 0.25) is 0 Å². The van der Waals surface area contributed by atoms with Crippen LogP contribution >= 0.6 is 0 Å². The fourth-order valence-electron chi connectivity index (χ4n) is 1.03. The molecular weight excluding hydrogens is 124 g/mol. The van der Waals surface area contributed by atoms with Gasteiger partial charge < -0.3 is 0 Å². The van der Waals surface area contributed by atoms with Crippen LogP contribution in [0.25, 0.3) is 0 Å². The van der Waals surface area contributed by atoms with E-state index in [1.54, 1.807) is 0 Å². The van der Waals surface area contributed by atoms with E-state index in [2.05, 4.69) is 25.9 Å². The molecule has 0 fully saturated rings. The molecule has 2 nitrogen and oxygen atoms in total. The van der Waals surface area contributed by atoms with Gasteiger partial charge in [0.25, 0.3) is 0 Å². The summed E-state index contributed by atoms with van der Waals surface area (Å²) in [5, 5.41) is 0. The second-order valence-electron chi connectivity index (χ2n) is 2.88. The smallest absolute Gasteiger partial charge is 0.0439 e. The van der Waals surface area contributed by atoms with E-state index in [0.29, 0.717) is 5.92 Å². The minimum absolute atomic E-state index is 0.269. The molecule has 0 saturated heterocycles. The molecule has 0 radical (unpaired) electrons. The van der Waals surface area contributed by atoms with Gasteiger partial charge in [0.05, 0.1) is 0 Å². The van der Waals surface area contributed by atoms with E-state index in [4.69, 9.17) is 5.84 Å². The van der Waals surface area contributed by atoms with Crippen LogP contribution in [0.15, 0.2) is 12.2 Å². The molecule has 0 rings (SSSR count). The van der Waals surface area contributed by atoms with Crippen molar-refractivity contribution in [3.05, 3.63) is 12.2 Å². The number of hydrazine groups is 1. The maximum Gasteiger partial charge on any atom is 0.0439 e. The van der Waals surface area contributed by atoms with Gasteiger partial charge in [-0.3, -0.25) is 11.3 Å². The molecule has 0 saturated carbocycles. The van der Waals surface area contributed by atoms with Gasteiger partial charge in [0, 0.05) is 6.04 Å². The highest BCUT2D eigenvalue weighted by Crippen LogP contribution is 2.12. The van der Waals surface area contributed by atoms with Crippen LogP contribution < -0.4 is 11.3 Å². The Morgan fingerprint density at radius 3 is 2.30 bits per heavy atom. The van der Waals surface area contributed by atoms with Gasteiger partial charge in [0.1, 0.15) is 0 Å². The van der Waals surface area contributed by atoms with E-state index in [1.165, 1.54) is 0 Å². The molecule has 0 heterocycles. The summed E-state index contributed by atoms with van der Waals surface area (Å²) in [6.45, 7) is 10.2. The second kappa shape index (κ2) is 4.47. The maximum atomic E-state index is 5.34. The SMILES string of the molecule is C=C(C)C(NN)C(C)CC. The monoisotopic (exact) mass is 142 g/mol. The second-order valence-corrected chi connectivity index (χ2v) is 2.88. The van der Waals surface area contributed by atoms with Gasteiger partial charge in [-0.1, -0.05) is 32.4 Å². The average Bonchev–Trinajstić information content (AvgIpc) is 1.88. The highest BCUT2D eigenvalue weighted by Gasteiger charge is 2.13. The first-order chi connectivity index (χ1) is 4.63. The minimum Gasteiger partial charge on any atom is -0.271 e. The Hall–Kier alpha value is -0.340. The summed E-state index contributed by atoms with van der Waals surface area (Å²) in [5.41, 5.74) is 3.86. The Balaban J connectivity index is 3.92. The van der Waals surface area contributed by atoms with Gasteiger partial charge in [0.2, 0.25) is 0 Å². The van der Waals surface area contributed by atoms with E-state index < -0.39 is 0 Å². The van der Waals surface area contributed by atoms with Crippen LogP contribution in [0.1, 0.15) is 27.2 Å². The molecule has 3 N–H and O–H groups in total. The van der Waals surface area contributed by atoms with Crippen LogP contribution in [0.5, 0.6) is 0 Å². The topological polar surface area (TPSA) is 38.0 Å². The molecule has 0 bridgehead atoms. The van der Waals surface area contributed by atoms with Crippen LogP contribution in [0.4, 0.5) is 0 Å². The molecule has 0 spiro atoms. The van der Waals surface area contributed by atoms with Crippen LogP contribution in [-0.2, 0) is 0 Å². The van der Waals surface area contributed by atoms with Gasteiger partial charge in [-0.25, -0.2) is 0 Å². The molecule has 60 valence electrons. The molecule has 0 aromatic carbocycles. The maximum absolute atomic E-state index is 5.34. The van der Waals surface area contributed by atoms with Gasteiger partial charge in [-0.2, -0.15) is 0 Å². The number of nitrogens with two attached hydrogens (primary N) is 1. The van der Waals surface area contributed by atoms with Crippen molar-refractivity contribution in [1.82, 2.24) is 5.43 Å². The molecule has 0 aliphatic heterocycles. The number of hydrogen-bond donors (Lipinski definition) is 2. The Morgan fingerprint density at radius 2 is 2.20 bits per heavy atom. The largest absolute Gasteiger partial charge is 0.271 e. The van der Waals surface area contributed by atoms with Crippen molar-refractivity contribution in [2.24, 2.45) is 11.8 Å². The van der Waals surface area contributed by atoms with Crippen LogP contribution in [-0.4, -0.2) is 6.04 Å². The van der Waals surface area contributed by atoms with Crippen LogP contribution in [0, 0.1) is 5.92 Å². The summed E-state index contributed by atoms with van der Waals surface area (Å²) in [4.78, 5) is 0. The summed E-state index contributed by atoms with van der Waals surface area (Å²) < 4.78 is 0. The lowest BCUT2D eigenvalue weighted by molar-refractivity contribution is 0.415. The zero-order chi connectivity index (χ0) is 8.15. The molecule has 0 aliphatic carbocycles. The Kier molecular flexibility index (Phi) is 4.32. The first kappa shape index (κ1) is 9.66. The fourth-order valence-corrected chi connectivity index (χ4v) is 1.03. The Bertz CT molecular complexity index is 110. The summed E-state index contributed by atoms with van der Waals surface area (Å²) >= 11 is 0. The third-order valence-electron chi connectivity index (χ3n) is 1.92. The van der Waals surface area contributed by atoms with Gasteiger partial charge in [0.15, 0.2) is 0 Å². The van der Waals surface area contributed by atoms with Crippen LogP contribution in [0.3, 0.4) is 0 Å². The normalized spacial score (nSPS) is 16.4. The minimum atomic E-state index is 0.269. The number of hydrogen-bond acceptors (Lipinski definition) is 2. The quantitative estimate of drug-likeness (QED) is 0.354. The zero-order valence-corrected chi connectivity index (χ0v) is 7.15. The Labute approximate surface area is 63.5 Å². The molecule has 0 aromatic rings. The van der Waals surface area contributed by atoms with E-state index in [-0.39, 0.29) is 6.04 Å². The fraction of sp³-hybridized carbons (Fsp3) is 0.750. The molecule has 2 atom stereocenters. The van der Waals surface area contributed by atoms with E-state index in [1.807, 2.05) is 6.92 Å². The number of nitrogens with one attached hydrogen (secondary N) is 1. The lowest BCUT2D eigenvalue weighted by Gasteiger charge is -2.21. The van der Waals surface area contributed by atoms with E-state index in [9.17, 15) is 0 Å². The zero-order valence-electron chi connectivity index (χ0n) is 7.15. The third-order valence-corrected chi connectivity index (χ3v) is 1.92.